The summed E-state index contributed by atoms with van der Waals surface area (Å²) in [5.41, 5.74) is -0.0799. The number of benzene rings is 1. The normalized spacial score (nSPS) is 23.4. The van der Waals surface area contributed by atoms with Crippen molar-refractivity contribution in [1.29, 1.82) is 0 Å². The summed E-state index contributed by atoms with van der Waals surface area (Å²) >= 11 is 0. The fourth-order valence-corrected chi connectivity index (χ4v) is 3.75. The number of amides is 2. The first kappa shape index (κ1) is 19.4. The van der Waals surface area contributed by atoms with Gasteiger partial charge in [-0.1, -0.05) is 12.1 Å². The lowest BCUT2D eigenvalue weighted by molar-refractivity contribution is -0.139. The molecule has 0 unspecified atom stereocenters. The number of ether oxygens (including phenoxy) is 2. The number of Topliss-reactive ketones (excluding diaryl/α,β-unsaturated/α-hetero) is 1. The Hall–Kier alpha value is -2.41. The highest BCUT2D eigenvalue weighted by atomic mass is 16.5. The number of hydrogen-bond acceptors (Lipinski definition) is 5. The Labute approximate surface area is 159 Å². The summed E-state index contributed by atoms with van der Waals surface area (Å²) in [6.07, 6.45) is 1.51. The molecular weight excluding hydrogens is 348 g/mol. The van der Waals surface area contributed by atoms with E-state index >= 15 is 0 Å². The van der Waals surface area contributed by atoms with E-state index < -0.39 is 11.6 Å². The van der Waals surface area contributed by atoms with Crippen molar-refractivity contribution in [3.63, 3.8) is 0 Å². The molecule has 1 N–H and O–H groups in total. The van der Waals surface area contributed by atoms with Crippen LogP contribution < -0.4 is 10.1 Å². The SMILES string of the molecule is COCCNC(=O)[C@H](C)N1CC[C@]2(CCC1=O)CC(=O)c1ccccc1O2. The van der Waals surface area contributed by atoms with E-state index in [0.717, 1.165) is 0 Å². The summed E-state index contributed by atoms with van der Waals surface area (Å²) in [5.74, 6) is 0.335. The van der Waals surface area contributed by atoms with Gasteiger partial charge in [-0.25, -0.2) is 0 Å². The zero-order chi connectivity index (χ0) is 19.4. The van der Waals surface area contributed by atoms with Crippen LogP contribution in [0.3, 0.4) is 0 Å². The highest BCUT2D eigenvalue weighted by Gasteiger charge is 2.44. The first-order valence-electron chi connectivity index (χ1n) is 9.33. The number of methoxy groups -OCH3 is 1. The minimum Gasteiger partial charge on any atom is -0.486 e. The maximum atomic E-state index is 12.6. The number of para-hydroxylation sites is 1. The molecule has 0 saturated carbocycles. The molecule has 1 spiro atoms. The average Bonchev–Trinajstić information content (AvgIpc) is 2.81. The van der Waals surface area contributed by atoms with Crippen LogP contribution in [0.4, 0.5) is 0 Å². The van der Waals surface area contributed by atoms with Gasteiger partial charge < -0.3 is 19.7 Å². The molecule has 146 valence electrons. The van der Waals surface area contributed by atoms with Crippen molar-refractivity contribution in [1.82, 2.24) is 10.2 Å². The van der Waals surface area contributed by atoms with Gasteiger partial charge in [-0.05, 0) is 25.5 Å². The molecule has 2 heterocycles. The maximum Gasteiger partial charge on any atom is 0.242 e. The number of carbonyl (C=O) groups is 3. The van der Waals surface area contributed by atoms with Crippen molar-refractivity contribution in [2.45, 2.75) is 44.2 Å². The molecule has 2 aliphatic heterocycles. The van der Waals surface area contributed by atoms with E-state index in [4.69, 9.17) is 9.47 Å². The van der Waals surface area contributed by atoms with Crippen LogP contribution in [-0.2, 0) is 14.3 Å². The zero-order valence-electron chi connectivity index (χ0n) is 15.8. The van der Waals surface area contributed by atoms with Crippen molar-refractivity contribution in [2.24, 2.45) is 0 Å². The van der Waals surface area contributed by atoms with Crippen molar-refractivity contribution < 1.29 is 23.9 Å². The van der Waals surface area contributed by atoms with Crippen LogP contribution in [0.25, 0.3) is 0 Å². The van der Waals surface area contributed by atoms with Gasteiger partial charge in [0.25, 0.3) is 0 Å². The lowest BCUT2D eigenvalue weighted by atomic mass is 9.84. The molecule has 0 bridgehead atoms. The van der Waals surface area contributed by atoms with Crippen molar-refractivity contribution >= 4 is 17.6 Å². The molecule has 7 heteroatoms. The first-order valence-corrected chi connectivity index (χ1v) is 9.33. The van der Waals surface area contributed by atoms with E-state index in [1.807, 2.05) is 12.1 Å². The van der Waals surface area contributed by atoms with Gasteiger partial charge >= 0.3 is 0 Å². The van der Waals surface area contributed by atoms with Crippen LogP contribution in [0.15, 0.2) is 24.3 Å². The van der Waals surface area contributed by atoms with Crippen LogP contribution in [0.2, 0.25) is 0 Å². The number of ketones is 1. The third-order valence-electron chi connectivity index (χ3n) is 5.37. The predicted octanol–water partition coefficient (Wildman–Crippen LogP) is 1.55. The van der Waals surface area contributed by atoms with Gasteiger partial charge in [0.15, 0.2) is 5.78 Å². The van der Waals surface area contributed by atoms with Gasteiger partial charge in [-0.2, -0.15) is 0 Å². The minimum absolute atomic E-state index is 0.0445. The standard InChI is InChI=1S/C20H26N2O5/c1-14(19(25)21-10-12-26-2)22-11-9-20(8-7-18(22)24)13-16(23)15-5-3-4-6-17(15)27-20/h3-6,14H,7-13H2,1-2H3,(H,21,25)/t14-,20+/m0/s1. The Balaban J connectivity index is 1.70. The molecule has 3 rings (SSSR count). The number of carbonyl (C=O) groups excluding carboxylic acids is 3. The van der Waals surface area contributed by atoms with Crippen molar-refractivity contribution in [2.75, 3.05) is 26.8 Å². The second-order valence-corrected chi connectivity index (χ2v) is 7.18. The highest BCUT2D eigenvalue weighted by molar-refractivity contribution is 6.00. The third-order valence-corrected chi connectivity index (χ3v) is 5.37. The number of hydrogen-bond donors (Lipinski definition) is 1. The number of fused-ring (bicyclic) bond motifs is 1. The highest BCUT2D eigenvalue weighted by Crippen LogP contribution is 2.39. The molecule has 1 fully saturated rings. The van der Waals surface area contributed by atoms with E-state index in [2.05, 4.69) is 5.32 Å². The van der Waals surface area contributed by atoms with Gasteiger partial charge in [0.1, 0.15) is 17.4 Å². The summed E-state index contributed by atoms with van der Waals surface area (Å²) in [5, 5.41) is 2.77. The molecule has 1 aromatic carbocycles. The van der Waals surface area contributed by atoms with Crippen LogP contribution in [0, 0.1) is 0 Å². The lowest BCUT2D eigenvalue weighted by Gasteiger charge is -2.37. The molecule has 2 amide bonds. The molecule has 0 aliphatic carbocycles. The molecule has 2 aliphatic rings. The Morgan fingerprint density at radius 2 is 2.11 bits per heavy atom. The Bertz CT molecular complexity index is 735. The smallest absolute Gasteiger partial charge is 0.242 e. The largest absolute Gasteiger partial charge is 0.486 e. The predicted molar refractivity (Wildman–Crippen MR) is 98.7 cm³/mol. The summed E-state index contributed by atoms with van der Waals surface area (Å²) in [6, 6.07) is 6.65. The van der Waals surface area contributed by atoms with Gasteiger partial charge in [-0.15, -0.1) is 0 Å². The number of nitrogens with one attached hydrogen (secondary N) is 1. The van der Waals surface area contributed by atoms with E-state index in [1.54, 1.807) is 31.1 Å². The van der Waals surface area contributed by atoms with E-state index in [1.165, 1.54) is 0 Å². The number of likely N-dealkylation sites (tertiary alicyclic amines) is 1. The van der Waals surface area contributed by atoms with Crippen LogP contribution in [0.1, 0.15) is 43.0 Å². The topological polar surface area (TPSA) is 84.9 Å². The fraction of sp³-hybridized carbons (Fsp3) is 0.550. The second kappa shape index (κ2) is 8.08. The number of rotatable bonds is 5. The maximum absolute atomic E-state index is 12.6. The molecule has 1 saturated heterocycles. The molecule has 7 nitrogen and oxygen atoms in total. The van der Waals surface area contributed by atoms with Crippen LogP contribution >= 0.6 is 0 Å². The van der Waals surface area contributed by atoms with Gasteiger partial charge in [0.2, 0.25) is 11.8 Å². The van der Waals surface area contributed by atoms with Crippen LogP contribution in [-0.4, -0.2) is 60.9 Å². The summed E-state index contributed by atoms with van der Waals surface area (Å²) in [6.45, 7) is 2.93. The van der Waals surface area contributed by atoms with Gasteiger partial charge in [-0.3, -0.25) is 14.4 Å². The fourth-order valence-electron chi connectivity index (χ4n) is 3.75. The van der Waals surface area contributed by atoms with E-state index in [-0.39, 0.29) is 30.4 Å². The number of nitrogens with zero attached hydrogens (tertiary/aromatic N) is 1. The Morgan fingerprint density at radius 1 is 1.33 bits per heavy atom. The molecule has 0 aromatic heterocycles. The van der Waals surface area contributed by atoms with Crippen LogP contribution in [0.5, 0.6) is 5.75 Å². The first-order chi connectivity index (χ1) is 13.0. The summed E-state index contributed by atoms with van der Waals surface area (Å²) in [7, 11) is 1.57. The third kappa shape index (κ3) is 4.13. The Morgan fingerprint density at radius 3 is 2.89 bits per heavy atom. The van der Waals surface area contributed by atoms with Gasteiger partial charge in [0, 0.05) is 33.0 Å². The monoisotopic (exact) mass is 374 g/mol. The van der Waals surface area contributed by atoms with Crippen molar-refractivity contribution in [3.8, 4) is 5.75 Å². The summed E-state index contributed by atoms with van der Waals surface area (Å²) < 4.78 is 11.1. The quantitative estimate of drug-likeness (QED) is 0.791. The Kier molecular flexibility index (Phi) is 5.79. The molecular formula is C20H26N2O5. The van der Waals surface area contributed by atoms with Crippen molar-refractivity contribution in [3.05, 3.63) is 29.8 Å². The average molecular weight is 374 g/mol. The minimum atomic E-state index is -0.678. The molecule has 0 radical (unpaired) electrons. The van der Waals surface area contributed by atoms with Gasteiger partial charge in [0.05, 0.1) is 18.6 Å². The lowest BCUT2D eigenvalue weighted by Crippen LogP contribution is -2.49. The van der Waals surface area contributed by atoms with E-state index in [0.29, 0.717) is 43.9 Å². The zero-order valence-corrected chi connectivity index (χ0v) is 15.8. The molecule has 27 heavy (non-hydrogen) atoms. The second-order valence-electron chi connectivity index (χ2n) is 7.18. The molecule has 1 aromatic rings. The van der Waals surface area contributed by atoms with E-state index in [9.17, 15) is 14.4 Å². The summed E-state index contributed by atoms with van der Waals surface area (Å²) in [4.78, 5) is 39.1. The molecule has 2 atom stereocenters.